The highest BCUT2D eigenvalue weighted by molar-refractivity contribution is 5.79. The van der Waals surface area contributed by atoms with Gasteiger partial charge in [-0.3, -0.25) is 4.79 Å². The molecule has 3 aromatic rings. The maximum absolute atomic E-state index is 13.9. The average Bonchev–Trinajstić information content (AvgIpc) is 2.65. The fraction of sp³-hybridized carbons (Fsp3) is 0.118. The lowest BCUT2D eigenvalue weighted by Crippen LogP contribution is -2.28. The van der Waals surface area contributed by atoms with Gasteiger partial charge in [0.2, 0.25) is 0 Å². The quantitative estimate of drug-likeness (QED) is 0.698. The van der Waals surface area contributed by atoms with Crippen LogP contribution < -0.4 is 15.1 Å². The molecule has 0 atom stereocenters. The summed E-state index contributed by atoms with van der Waals surface area (Å²) in [5, 5.41) is 9.04. The van der Waals surface area contributed by atoms with Gasteiger partial charge >= 0.3 is 0 Å². The summed E-state index contributed by atoms with van der Waals surface area (Å²) >= 11 is 0. The summed E-state index contributed by atoms with van der Waals surface area (Å²) in [6.07, 6.45) is 1.10. The maximum atomic E-state index is 13.9. The lowest BCUT2D eigenvalue weighted by Gasteiger charge is -2.10. The highest BCUT2D eigenvalue weighted by atomic mass is 19.1. The molecular weight excluding hydrogens is 351 g/mol. The predicted molar refractivity (Wildman–Crippen MR) is 84.6 cm³/mol. The number of aromatic nitrogens is 2. The van der Waals surface area contributed by atoms with Gasteiger partial charge in [0.05, 0.1) is 10.9 Å². The van der Waals surface area contributed by atoms with Crippen LogP contribution in [0.3, 0.4) is 0 Å². The van der Waals surface area contributed by atoms with E-state index in [0.29, 0.717) is 5.52 Å². The van der Waals surface area contributed by atoms with Crippen LogP contribution in [0.15, 0.2) is 41.5 Å². The fourth-order valence-electron chi connectivity index (χ4n) is 2.23. The molecule has 26 heavy (non-hydrogen) atoms. The largest absolute Gasteiger partial charge is 0.453 e. The van der Waals surface area contributed by atoms with Crippen molar-refractivity contribution < 1.29 is 22.7 Å². The molecular formula is C17H10F3N3O3. The molecule has 0 saturated carbocycles. The summed E-state index contributed by atoms with van der Waals surface area (Å²) < 4.78 is 45.8. The first-order valence-corrected chi connectivity index (χ1v) is 7.31. The third kappa shape index (κ3) is 3.17. The molecule has 0 bridgehead atoms. The summed E-state index contributed by atoms with van der Waals surface area (Å²) in [5.74, 6) is -2.48. The molecule has 6 nitrogen and oxygen atoms in total. The van der Waals surface area contributed by atoms with Crippen molar-refractivity contribution >= 4 is 10.9 Å². The van der Waals surface area contributed by atoms with Crippen LogP contribution in [0.1, 0.15) is 5.56 Å². The van der Waals surface area contributed by atoms with Crippen LogP contribution in [-0.4, -0.2) is 23.0 Å². The molecule has 3 rings (SSSR count). The Hall–Kier alpha value is -3.54. The Morgan fingerprint density at radius 3 is 2.69 bits per heavy atom. The number of nitrogens with zero attached hydrogens (tertiary/aromatic N) is 3. The molecule has 2 aromatic carbocycles. The zero-order chi connectivity index (χ0) is 18.7. The number of benzene rings is 2. The predicted octanol–water partition coefficient (Wildman–Crippen LogP) is 2.74. The lowest BCUT2D eigenvalue weighted by atomic mass is 10.2. The number of alkyl halides is 1. The second-order valence-electron chi connectivity index (χ2n) is 5.02. The van der Waals surface area contributed by atoms with E-state index in [1.54, 1.807) is 0 Å². The fourth-order valence-corrected chi connectivity index (χ4v) is 2.23. The zero-order valence-corrected chi connectivity index (χ0v) is 13.1. The molecule has 0 spiro atoms. The number of ether oxygens (including phenoxy) is 1. The second-order valence-corrected chi connectivity index (χ2v) is 5.02. The third-order valence-electron chi connectivity index (χ3n) is 3.40. The summed E-state index contributed by atoms with van der Waals surface area (Å²) in [5.41, 5.74) is -0.934. The van der Waals surface area contributed by atoms with Gasteiger partial charge in [-0.1, -0.05) is 0 Å². The molecule has 0 radical (unpaired) electrons. The third-order valence-corrected chi connectivity index (χ3v) is 3.40. The van der Waals surface area contributed by atoms with Crippen LogP contribution in [0.2, 0.25) is 0 Å². The first-order chi connectivity index (χ1) is 12.5. The minimum Gasteiger partial charge on any atom is -0.453 e. The van der Waals surface area contributed by atoms with Crippen molar-refractivity contribution in [3.63, 3.8) is 0 Å². The van der Waals surface area contributed by atoms with Gasteiger partial charge in [0, 0.05) is 0 Å². The molecule has 0 fully saturated rings. The number of rotatable bonds is 5. The van der Waals surface area contributed by atoms with Crippen LogP contribution >= 0.6 is 0 Å². The van der Waals surface area contributed by atoms with E-state index in [0.717, 1.165) is 23.2 Å². The Morgan fingerprint density at radius 1 is 1.19 bits per heavy atom. The van der Waals surface area contributed by atoms with Crippen molar-refractivity contribution in [1.29, 1.82) is 5.26 Å². The molecule has 0 amide bonds. The lowest BCUT2D eigenvalue weighted by molar-refractivity contribution is 0.0889. The van der Waals surface area contributed by atoms with E-state index in [1.807, 2.05) is 0 Å². The Bertz CT molecular complexity index is 1080. The highest BCUT2D eigenvalue weighted by Crippen LogP contribution is 2.30. The van der Waals surface area contributed by atoms with Gasteiger partial charge < -0.3 is 9.57 Å². The average molecular weight is 361 g/mol. The molecule has 1 aromatic heterocycles. The monoisotopic (exact) mass is 361 g/mol. The number of halogens is 3. The van der Waals surface area contributed by atoms with Crippen molar-refractivity contribution in [1.82, 2.24) is 9.71 Å². The summed E-state index contributed by atoms with van der Waals surface area (Å²) in [4.78, 5) is 21.2. The van der Waals surface area contributed by atoms with Crippen molar-refractivity contribution in [2.24, 2.45) is 0 Å². The topological polar surface area (TPSA) is 77.1 Å². The molecule has 132 valence electrons. The normalized spacial score (nSPS) is 10.5. The van der Waals surface area contributed by atoms with Crippen LogP contribution in [0.25, 0.3) is 10.9 Å². The van der Waals surface area contributed by atoms with Crippen molar-refractivity contribution in [3.8, 4) is 17.6 Å². The first kappa shape index (κ1) is 17.3. The van der Waals surface area contributed by atoms with E-state index in [9.17, 15) is 18.0 Å². The first-order valence-electron chi connectivity index (χ1n) is 7.31. The summed E-state index contributed by atoms with van der Waals surface area (Å²) in [6.45, 7) is -1.12. The Kier molecular flexibility index (Phi) is 4.75. The standard InChI is InChI=1S/C17H10F3N3O3/c18-5-6-25-23-9-22-15-4-1-10(7-11(15)17(23)24)26-16-12(8-21)13(19)2-3-14(16)20/h1-4,7,9H,5-6H2. The summed E-state index contributed by atoms with van der Waals surface area (Å²) in [6, 6.07) is 7.22. The highest BCUT2D eigenvalue weighted by Gasteiger charge is 2.17. The van der Waals surface area contributed by atoms with E-state index in [4.69, 9.17) is 14.8 Å². The summed E-state index contributed by atoms with van der Waals surface area (Å²) in [7, 11) is 0. The Morgan fingerprint density at radius 2 is 1.96 bits per heavy atom. The number of nitriles is 1. The van der Waals surface area contributed by atoms with Gasteiger partial charge in [0.15, 0.2) is 11.6 Å². The van der Waals surface area contributed by atoms with Gasteiger partial charge in [0.1, 0.15) is 42.8 Å². The molecule has 0 N–H and O–H groups in total. The zero-order valence-electron chi connectivity index (χ0n) is 13.1. The van der Waals surface area contributed by atoms with Crippen LogP contribution in [0, 0.1) is 23.0 Å². The van der Waals surface area contributed by atoms with Crippen LogP contribution in [0.4, 0.5) is 13.2 Å². The van der Waals surface area contributed by atoms with Crippen molar-refractivity contribution in [3.05, 3.63) is 64.2 Å². The molecule has 0 unspecified atom stereocenters. The van der Waals surface area contributed by atoms with E-state index < -0.39 is 35.2 Å². The van der Waals surface area contributed by atoms with E-state index in [1.165, 1.54) is 24.3 Å². The van der Waals surface area contributed by atoms with Crippen molar-refractivity contribution in [2.75, 3.05) is 13.3 Å². The molecule has 1 heterocycles. The minimum absolute atomic E-state index is 0.0133. The van der Waals surface area contributed by atoms with Crippen LogP contribution in [0.5, 0.6) is 11.5 Å². The number of hydrogen-bond donors (Lipinski definition) is 0. The minimum atomic E-state index is -0.937. The maximum Gasteiger partial charge on any atom is 0.294 e. The van der Waals surface area contributed by atoms with Gasteiger partial charge in [-0.15, -0.1) is 4.73 Å². The SMILES string of the molecule is N#Cc1c(F)ccc(F)c1Oc1ccc2ncn(OCCF)c(=O)c2c1. The Labute approximate surface area is 144 Å². The number of hydrogen-bond acceptors (Lipinski definition) is 5. The van der Waals surface area contributed by atoms with E-state index in [-0.39, 0.29) is 17.7 Å². The number of fused-ring (bicyclic) bond motifs is 1. The van der Waals surface area contributed by atoms with Gasteiger partial charge in [-0.25, -0.2) is 18.2 Å². The molecule has 9 heteroatoms. The van der Waals surface area contributed by atoms with Gasteiger partial charge in [-0.2, -0.15) is 5.26 Å². The molecule has 0 aliphatic rings. The Balaban J connectivity index is 2.05. The van der Waals surface area contributed by atoms with Gasteiger partial charge in [-0.05, 0) is 30.3 Å². The smallest absolute Gasteiger partial charge is 0.294 e. The van der Waals surface area contributed by atoms with E-state index in [2.05, 4.69) is 4.98 Å². The van der Waals surface area contributed by atoms with Crippen molar-refractivity contribution in [2.45, 2.75) is 0 Å². The second kappa shape index (κ2) is 7.14. The molecule has 0 aliphatic carbocycles. The van der Waals surface area contributed by atoms with E-state index >= 15 is 0 Å². The van der Waals surface area contributed by atoms with Crippen LogP contribution in [-0.2, 0) is 0 Å². The van der Waals surface area contributed by atoms with Gasteiger partial charge in [0.25, 0.3) is 5.56 Å². The molecule has 0 saturated heterocycles. The molecule has 0 aliphatic heterocycles.